The predicted octanol–water partition coefficient (Wildman–Crippen LogP) is 0.697. The number of amides is 1. The van der Waals surface area contributed by atoms with Crippen LogP contribution in [0.4, 0.5) is 5.69 Å². The van der Waals surface area contributed by atoms with Crippen molar-refractivity contribution in [3.63, 3.8) is 0 Å². The second kappa shape index (κ2) is 4.40. The summed E-state index contributed by atoms with van der Waals surface area (Å²) in [5.74, 6) is 0.857. The van der Waals surface area contributed by atoms with Gasteiger partial charge in [-0.15, -0.1) is 0 Å². The Morgan fingerprint density at radius 1 is 1.38 bits per heavy atom. The molecule has 1 aromatic carbocycles. The Kier molecular flexibility index (Phi) is 2.96. The minimum absolute atomic E-state index is 0.445. The van der Waals surface area contributed by atoms with E-state index in [-0.39, 0.29) is 0 Å². The molecular weight excluding hydrogens is 210 g/mol. The predicted molar refractivity (Wildman–Crippen MR) is 57.9 cm³/mol. The summed E-state index contributed by atoms with van der Waals surface area (Å²) in [6.45, 7) is 2.36. The number of rotatable bonds is 2. The lowest BCUT2D eigenvalue weighted by molar-refractivity contribution is -0.118. The molecule has 0 fully saturated rings. The quantitative estimate of drug-likeness (QED) is 0.774. The maximum absolute atomic E-state index is 11.1. The van der Waals surface area contributed by atoms with E-state index in [4.69, 9.17) is 14.6 Å². The van der Waals surface area contributed by atoms with Crippen molar-refractivity contribution in [2.45, 2.75) is 6.92 Å². The highest BCUT2D eigenvalue weighted by molar-refractivity contribution is 5.92. The lowest BCUT2D eigenvalue weighted by atomic mass is 10.1. The standard InChI is InChI=1S/C11H13NO4/c1-7-4-9-10(16-3-2-15-9)5-8(7)12-11(14)6-13/h4-5,13H,2-3,6H2,1H3,(H,12,14). The number of carbonyl (C=O) groups is 1. The highest BCUT2D eigenvalue weighted by atomic mass is 16.6. The first kappa shape index (κ1) is 10.8. The Hall–Kier alpha value is -1.75. The summed E-state index contributed by atoms with van der Waals surface area (Å²) in [6.07, 6.45) is 0. The number of benzene rings is 1. The molecule has 0 aromatic heterocycles. The van der Waals surface area contributed by atoms with Crippen LogP contribution in [0.2, 0.25) is 0 Å². The van der Waals surface area contributed by atoms with E-state index in [0.29, 0.717) is 30.4 Å². The minimum Gasteiger partial charge on any atom is -0.486 e. The van der Waals surface area contributed by atoms with E-state index < -0.39 is 12.5 Å². The molecule has 16 heavy (non-hydrogen) atoms. The van der Waals surface area contributed by atoms with E-state index in [0.717, 1.165) is 5.56 Å². The van der Waals surface area contributed by atoms with E-state index >= 15 is 0 Å². The average Bonchev–Trinajstić information content (AvgIpc) is 2.30. The van der Waals surface area contributed by atoms with Gasteiger partial charge in [-0.05, 0) is 18.6 Å². The van der Waals surface area contributed by atoms with Gasteiger partial charge in [0.1, 0.15) is 19.8 Å². The molecule has 86 valence electrons. The smallest absolute Gasteiger partial charge is 0.250 e. The zero-order chi connectivity index (χ0) is 11.5. The molecule has 1 aliphatic heterocycles. The molecule has 2 rings (SSSR count). The summed E-state index contributed by atoms with van der Waals surface area (Å²) >= 11 is 0. The van der Waals surface area contributed by atoms with E-state index in [2.05, 4.69) is 5.32 Å². The number of aryl methyl sites for hydroxylation is 1. The number of nitrogens with one attached hydrogen (secondary N) is 1. The summed E-state index contributed by atoms with van der Waals surface area (Å²) in [7, 11) is 0. The van der Waals surface area contributed by atoms with Crippen molar-refractivity contribution < 1.29 is 19.4 Å². The Morgan fingerprint density at radius 2 is 2.00 bits per heavy atom. The van der Waals surface area contributed by atoms with Gasteiger partial charge in [0.15, 0.2) is 11.5 Å². The van der Waals surface area contributed by atoms with Gasteiger partial charge in [-0.2, -0.15) is 0 Å². The first-order valence-corrected chi connectivity index (χ1v) is 5.01. The molecule has 1 aliphatic rings. The van der Waals surface area contributed by atoms with Crippen LogP contribution in [0.25, 0.3) is 0 Å². The number of fused-ring (bicyclic) bond motifs is 1. The van der Waals surface area contributed by atoms with Crippen molar-refractivity contribution >= 4 is 11.6 Å². The minimum atomic E-state index is -0.534. The molecule has 1 amide bonds. The molecule has 1 heterocycles. The van der Waals surface area contributed by atoms with E-state index in [9.17, 15) is 4.79 Å². The van der Waals surface area contributed by atoms with Crippen molar-refractivity contribution in [3.05, 3.63) is 17.7 Å². The van der Waals surface area contributed by atoms with Crippen LogP contribution < -0.4 is 14.8 Å². The van der Waals surface area contributed by atoms with Crippen molar-refractivity contribution in [2.24, 2.45) is 0 Å². The Labute approximate surface area is 93.0 Å². The van der Waals surface area contributed by atoms with Gasteiger partial charge in [-0.25, -0.2) is 0 Å². The van der Waals surface area contributed by atoms with Gasteiger partial charge in [0.05, 0.1) is 0 Å². The molecule has 0 unspecified atom stereocenters. The molecule has 0 radical (unpaired) electrons. The third kappa shape index (κ3) is 2.09. The van der Waals surface area contributed by atoms with Crippen LogP contribution in [0.5, 0.6) is 11.5 Å². The van der Waals surface area contributed by atoms with Crippen molar-refractivity contribution in [3.8, 4) is 11.5 Å². The fourth-order valence-electron chi connectivity index (χ4n) is 1.51. The highest BCUT2D eigenvalue weighted by Crippen LogP contribution is 2.35. The topological polar surface area (TPSA) is 67.8 Å². The Morgan fingerprint density at radius 3 is 2.62 bits per heavy atom. The van der Waals surface area contributed by atoms with Gasteiger partial charge in [0, 0.05) is 11.8 Å². The number of ether oxygens (including phenoxy) is 2. The average molecular weight is 223 g/mol. The third-order valence-corrected chi connectivity index (χ3v) is 2.31. The van der Waals surface area contributed by atoms with Crippen molar-refractivity contribution in [1.82, 2.24) is 0 Å². The summed E-state index contributed by atoms with van der Waals surface area (Å²) in [6, 6.07) is 3.51. The lowest BCUT2D eigenvalue weighted by Gasteiger charge is -2.20. The van der Waals surface area contributed by atoms with Gasteiger partial charge in [0.25, 0.3) is 0 Å². The third-order valence-electron chi connectivity index (χ3n) is 2.31. The molecule has 0 atom stereocenters. The molecule has 0 spiro atoms. The largest absolute Gasteiger partial charge is 0.486 e. The van der Waals surface area contributed by atoms with Gasteiger partial charge in [-0.3, -0.25) is 4.79 Å². The second-order valence-corrected chi connectivity index (χ2v) is 3.52. The molecular formula is C11H13NO4. The van der Waals surface area contributed by atoms with E-state index in [1.54, 1.807) is 6.07 Å². The molecule has 0 bridgehead atoms. The van der Waals surface area contributed by atoms with Gasteiger partial charge < -0.3 is 19.9 Å². The molecule has 0 aliphatic carbocycles. The zero-order valence-electron chi connectivity index (χ0n) is 8.95. The fourth-order valence-corrected chi connectivity index (χ4v) is 1.51. The first-order valence-electron chi connectivity index (χ1n) is 5.01. The number of aliphatic hydroxyl groups excluding tert-OH is 1. The fraction of sp³-hybridized carbons (Fsp3) is 0.364. The first-order chi connectivity index (χ1) is 7.70. The molecule has 0 saturated heterocycles. The van der Waals surface area contributed by atoms with Gasteiger partial charge in [0.2, 0.25) is 5.91 Å². The number of anilines is 1. The monoisotopic (exact) mass is 223 g/mol. The lowest BCUT2D eigenvalue weighted by Crippen LogP contribution is -2.18. The SMILES string of the molecule is Cc1cc2c(cc1NC(=O)CO)OCCO2. The van der Waals surface area contributed by atoms with Crippen LogP contribution in [0.1, 0.15) is 5.56 Å². The van der Waals surface area contributed by atoms with E-state index in [1.807, 2.05) is 13.0 Å². The molecule has 5 nitrogen and oxygen atoms in total. The number of hydrogen-bond acceptors (Lipinski definition) is 4. The number of aliphatic hydroxyl groups is 1. The van der Waals surface area contributed by atoms with Crippen LogP contribution in [-0.4, -0.2) is 30.8 Å². The van der Waals surface area contributed by atoms with Crippen LogP contribution >= 0.6 is 0 Å². The second-order valence-electron chi connectivity index (χ2n) is 3.52. The molecule has 0 saturated carbocycles. The van der Waals surface area contributed by atoms with Gasteiger partial charge >= 0.3 is 0 Å². The van der Waals surface area contributed by atoms with Crippen LogP contribution in [-0.2, 0) is 4.79 Å². The van der Waals surface area contributed by atoms with Gasteiger partial charge in [-0.1, -0.05) is 0 Å². The van der Waals surface area contributed by atoms with Crippen LogP contribution in [0.3, 0.4) is 0 Å². The number of hydrogen-bond donors (Lipinski definition) is 2. The molecule has 1 aromatic rings. The van der Waals surface area contributed by atoms with Crippen LogP contribution in [0.15, 0.2) is 12.1 Å². The van der Waals surface area contributed by atoms with E-state index in [1.165, 1.54) is 0 Å². The molecule has 2 N–H and O–H groups in total. The van der Waals surface area contributed by atoms with Crippen molar-refractivity contribution in [1.29, 1.82) is 0 Å². The highest BCUT2D eigenvalue weighted by Gasteiger charge is 2.14. The van der Waals surface area contributed by atoms with Crippen molar-refractivity contribution in [2.75, 3.05) is 25.1 Å². The maximum atomic E-state index is 11.1. The summed E-state index contributed by atoms with van der Waals surface area (Å²) < 4.78 is 10.8. The summed E-state index contributed by atoms with van der Waals surface area (Å²) in [4.78, 5) is 11.1. The van der Waals surface area contributed by atoms with Crippen LogP contribution in [0, 0.1) is 6.92 Å². The summed E-state index contributed by atoms with van der Waals surface area (Å²) in [5.41, 5.74) is 1.49. The zero-order valence-corrected chi connectivity index (χ0v) is 8.95. The maximum Gasteiger partial charge on any atom is 0.250 e. The number of carbonyl (C=O) groups excluding carboxylic acids is 1. The Bertz CT molecular complexity index is 417. The normalized spacial score (nSPS) is 13.4. The molecule has 5 heteroatoms. The Balaban J connectivity index is 2.28. The summed E-state index contributed by atoms with van der Waals surface area (Å²) in [5, 5.41) is 11.2.